The largest absolute Gasteiger partial charge is 0.394 e. The monoisotopic (exact) mass is 1080 g/mol. The molecule has 5 saturated heterocycles. The molecule has 13 N–H and O–H groups in total. The second-order valence-corrected chi connectivity index (χ2v) is 24.0. The van der Waals surface area contributed by atoms with Gasteiger partial charge in [-0.25, -0.2) is 0 Å². The number of allylic oxidation sites excluding steroid dienone is 1. The van der Waals surface area contributed by atoms with Crippen LogP contribution in [0.2, 0.25) is 0 Å². The summed E-state index contributed by atoms with van der Waals surface area (Å²) in [6.45, 7) is 8.74. The van der Waals surface area contributed by atoms with Crippen molar-refractivity contribution in [3.8, 4) is 0 Å². The molecule has 8 fully saturated rings. The molecule has 23 nitrogen and oxygen atoms in total. The maximum Gasteiger partial charge on any atom is 0.187 e. The Morgan fingerprint density at radius 3 is 1.85 bits per heavy atom. The zero-order valence-corrected chi connectivity index (χ0v) is 43.8. The van der Waals surface area contributed by atoms with Crippen LogP contribution in [0.5, 0.6) is 0 Å². The summed E-state index contributed by atoms with van der Waals surface area (Å²) in [5.41, 5.74) is 1.11. The standard InChI is InChI=1S/C52H86O23/c1-21(20-67-46-41(63)39(61)35(57)30(17-53)70-46)9-14-52(66-6)22(2)33-29(75-52)16-28-26-8-7-24-15-25(10-12-50(24,4)27(26)11-13-51(28,33)5)69-49-45(74-47-42(64)38(60)34(56)23(3)68-47)44(37(59)32(19-55)72-49)73-48-43(65)40(62)36(58)31(18-54)71-48/h7,21-23,25-49,53-65H,8-20H2,1-6H3/t21-,22-,23?,25-,26+,27-,28-,29-,30?,31?,32?,33-,34?,35?,36?,37?,38?,39?,40?,41?,42?,43?,44?,45?,46?,47?,48?,49?,50-,51-,52?/m0/s1. The predicted molar refractivity (Wildman–Crippen MR) is 255 cm³/mol. The van der Waals surface area contributed by atoms with Crippen molar-refractivity contribution in [1.82, 2.24) is 0 Å². The maximum absolute atomic E-state index is 11.6. The molecule has 5 aliphatic heterocycles. The molecule has 0 aromatic heterocycles. The first-order chi connectivity index (χ1) is 35.6. The van der Waals surface area contributed by atoms with Crippen LogP contribution in [0.3, 0.4) is 0 Å². The van der Waals surface area contributed by atoms with Gasteiger partial charge < -0.3 is 114 Å². The highest BCUT2D eigenvalue weighted by Gasteiger charge is 2.68. The number of aliphatic hydroxyl groups excluding tert-OH is 13. The molecule has 0 bridgehead atoms. The lowest BCUT2D eigenvalue weighted by molar-refractivity contribution is -0.394. The molecule has 31 atom stereocenters. The second-order valence-electron chi connectivity index (χ2n) is 24.0. The van der Waals surface area contributed by atoms with Gasteiger partial charge in [-0.2, -0.15) is 0 Å². The van der Waals surface area contributed by atoms with Gasteiger partial charge in [0.05, 0.1) is 44.7 Å². The van der Waals surface area contributed by atoms with Crippen LogP contribution in [0.1, 0.15) is 92.4 Å². The third-order valence-corrected chi connectivity index (χ3v) is 19.8. The summed E-state index contributed by atoms with van der Waals surface area (Å²) < 4.78 is 61.6. The van der Waals surface area contributed by atoms with Crippen molar-refractivity contribution in [3.63, 3.8) is 0 Å². The Bertz CT molecular complexity index is 1930. The van der Waals surface area contributed by atoms with Gasteiger partial charge in [0.25, 0.3) is 0 Å². The number of aliphatic hydroxyl groups is 13. The van der Waals surface area contributed by atoms with Crippen molar-refractivity contribution in [2.24, 2.45) is 46.3 Å². The molecule has 4 aliphatic carbocycles. The zero-order chi connectivity index (χ0) is 54.2. The van der Waals surface area contributed by atoms with Crippen molar-refractivity contribution in [2.75, 3.05) is 33.5 Å². The third-order valence-electron chi connectivity index (χ3n) is 19.8. The minimum Gasteiger partial charge on any atom is -0.394 e. The fraction of sp³-hybridized carbons (Fsp3) is 0.962. The van der Waals surface area contributed by atoms with Crippen LogP contribution in [0.25, 0.3) is 0 Å². The number of fused-ring (bicyclic) bond motifs is 7. The topological polar surface area (TPSA) is 355 Å². The van der Waals surface area contributed by atoms with E-state index in [0.29, 0.717) is 43.4 Å². The summed E-state index contributed by atoms with van der Waals surface area (Å²) in [7, 11) is 1.71. The molecule has 0 spiro atoms. The molecule has 0 amide bonds. The number of ether oxygens (including phenoxy) is 10. The molecule has 23 heteroatoms. The lowest BCUT2D eigenvalue weighted by Crippen LogP contribution is -2.67. The van der Waals surface area contributed by atoms with E-state index in [1.165, 1.54) is 12.5 Å². The van der Waals surface area contributed by atoms with Crippen LogP contribution in [0.4, 0.5) is 0 Å². The lowest BCUT2D eigenvalue weighted by atomic mass is 9.47. The molecular weight excluding hydrogens is 993 g/mol. The van der Waals surface area contributed by atoms with Crippen LogP contribution in [0.15, 0.2) is 11.6 Å². The highest BCUT2D eigenvalue weighted by atomic mass is 16.8. The van der Waals surface area contributed by atoms with Gasteiger partial charge in [-0.1, -0.05) is 39.3 Å². The van der Waals surface area contributed by atoms with E-state index in [-0.39, 0.29) is 41.3 Å². The number of rotatable bonds is 16. The Labute approximate surface area is 437 Å². The van der Waals surface area contributed by atoms with Gasteiger partial charge in [-0.15, -0.1) is 0 Å². The average molecular weight is 1080 g/mol. The van der Waals surface area contributed by atoms with Gasteiger partial charge in [-0.3, -0.25) is 0 Å². The Kier molecular flexibility index (Phi) is 17.9. The van der Waals surface area contributed by atoms with Crippen molar-refractivity contribution < 1.29 is 114 Å². The molecular formula is C52H86O23. The van der Waals surface area contributed by atoms with Gasteiger partial charge >= 0.3 is 0 Å². The van der Waals surface area contributed by atoms with Crippen molar-refractivity contribution in [2.45, 2.75) is 233 Å². The van der Waals surface area contributed by atoms with E-state index in [9.17, 15) is 66.4 Å². The van der Waals surface area contributed by atoms with Crippen LogP contribution < -0.4 is 0 Å². The van der Waals surface area contributed by atoms with Gasteiger partial charge in [0.2, 0.25) is 0 Å². The van der Waals surface area contributed by atoms with E-state index in [1.807, 2.05) is 6.92 Å². The summed E-state index contributed by atoms with van der Waals surface area (Å²) in [4.78, 5) is 0. The van der Waals surface area contributed by atoms with E-state index >= 15 is 0 Å². The van der Waals surface area contributed by atoms with Crippen molar-refractivity contribution in [3.05, 3.63) is 11.6 Å². The zero-order valence-electron chi connectivity index (χ0n) is 43.8. The van der Waals surface area contributed by atoms with Crippen molar-refractivity contribution >= 4 is 0 Å². The molecule has 21 unspecified atom stereocenters. The van der Waals surface area contributed by atoms with E-state index in [1.54, 1.807) is 7.11 Å². The van der Waals surface area contributed by atoms with Crippen LogP contribution >= 0.6 is 0 Å². The number of hydrogen-bond donors (Lipinski definition) is 13. The van der Waals surface area contributed by atoms with Crippen LogP contribution in [-0.2, 0) is 47.4 Å². The lowest BCUT2D eigenvalue weighted by Gasteiger charge is -2.58. The summed E-state index contributed by atoms with van der Waals surface area (Å²) in [6.07, 6.45) is -21.5. The molecule has 432 valence electrons. The molecule has 9 aliphatic rings. The third kappa shape index (κ3) is 10.5. The molecule has 9 rings (SSSR count). The molecule has 75 heavy (non-hydrogen) atoms. The van der Waals surface area contributed by atoms with E-state index in [0.717, 1.165) is 32.1 Å². The minimum atomic E-state index is -1.88. The average Bonchev–Trinajstić information content (AvgIpc) is 3.92. The Morgan fingerprint density at radius 2 is 1.21 bits per heavy atom. The minimum absolute atomic E-state index is 0.00228. The van der Waals surface area contributed by atoms with Gasteiger partial charge in [0.1, 0.15) is 91.6 Å². The fourth-order valence-corrected chi connectivity index (χ4v) is 15.3. The summed E-state index contributed by atoms with van der Waals surface area (Å²) >= 11 is 0. The number of methoxy groups -OCH3 is 1. The molecule has 5 heterocycles. The van der Waals surface area contributed by atoms with Gasteiger partial charge in [0, 0.05) is 19.4 Å². The Balaban J connectivity index is 0.871. The fourth-order valence-electron chi connectivity index (χ4n) is 15.3. The SMILES string of the molecule is COC1(CC[C@H](C)COC2OC(CO)C(O)C(O)C2O)O[C@H]2C[C@H]3[C@@H]4CC=C5C[C@@H](OC6OC(CO)C(O)C(OC7OC(CO)C(O)C(O)C7O)C6OC6OC(C)C(O)C(O)C6O)CC[C@]5(C)[C@H]4CC[C@]3(C)[C@H]2[C@@H]1C. The molecule has 0 aromatic carbocycles. The number of hydrogen-bond acceptors (Lipinski definition) is 23. The summed E-state index contributed by atoms with van der Waals surface area (Å²) in [5.74, 6) is 0.765. The van der Waals surface area contributed by atoms with Crippen LogP contribution in [0, 0.1) is 46.3 Å². The second kappa shape index (κ2) is 23.0. The first-order valence-corrected chi connectivity index (χ1v) is 27.3. The first kappa shape index (κ1) is 58.5. The predicted octanol–water partition coefficient (Wildman–Crippen LogP) is -2.35. The summed E-state index contributed by atoms with van der Waals surface area (Å²) in [6, 6.07) is 0. The van der Waals surface area contributed by atoms with Gasteiger partial charge in [0.15, 0.2) is 30.9 Å². The van der Waals surface area contributed by atoms with E-state index in [4.69, 9.17) is 47.4 Å². The summed E-state index contributed by atoms with van der Waals surface area (Å²) in [5, 5.41) is 137. The highest BCUT2D eigenvalue weighted by molar-refractivity contribution is 5.26. The maximum atomic E-state index is 11.6. The van der Waals surface area contributed by atoms with E-state index < -0.39 is 155 Å². The van der Waals surface area contributed by atoms with Crippen LogP contribution in [-0.4, -0.2) is 241 Å². The van der Waals surface area contributed by atoms with E-state index in [2.05, 4.69) is 26.8 Å². The molecule has 0 radical (unpaired) electrons. The van der Waals surface area contributed by atoms with Crippen molar-refractivity contribution in [1.29, 1.82) is 0 Å². The molecule has 3 saturated carbocycles. The first-order valence-electron chi connectivity index (χ1n) is 27.3. The quantitative estimate of drug-likeness (QED) is 0.0720. The Morgan fingerprint density at radius 1 is 0.640 bits per heavy atom. The highest BCUT2D eigenvalue weighted by Crippen LogP contribution is 2.70. The molecule has 0 aromatic rings. The Hall–Kier alpha value is -1.18. The smallest absolute Gasteiger partial charge is 0.187 e. The normalized spacial score (nSPS) is 54.3. The van der Waals surface area contributed by atoms with Gasteiger partial charge in [-0.05, 0) is 98.7 Å².